The highest BCUT2D eigenvalue weighted by atomic mass is 16.5. The number of para-hydroxylation sites is 1. The normalized spacial score (nSPS) is 12.2. The van der Waals surface area contributed by atoms with Crippen molar-refractivity contribution in [3.05, 3.63) is 96.1 Å². The van der Waals surface area contributed by atoms with E-state index in [9.17, 15) is 4.79 Å². The van der Waals surface area contributed by atoms with Gasteiger partial charge in [0, 0.05) is 13.1 Å². The zero-order valence-corrected chi connectivity index (χ0v) is 16.9. The molecule has 0 N–H and O–H groups in total. The summed E-state index contributed by atoms with van der Waals surface area (Å²) in [6, 6.07) is 27.8. The smallest absolute Gasteiger partial charge is 0.346 e. The summed E-state index contributed by atoms with van der Waals surface area (Å²) in [5, 5.41) is 8.58. The quantitative estimate of drug-likeness (QED) is 0.415. The van der Waals surface area contributed by atoms with Crippen LogP contribution in [0.4, 0.5) is 0 Å². The average molecular weight is 400 g/mol. The van der Waals surface area contributed by atoms with Gasteiger partial charge in [-0.15, -0.1) is 5.10 Å². The van der Waals surface area contributed by atoms with E-state index in [0.29, 0.717) is 19.7 Å². The van der Waals surface area contributed by atoms with Crippen molar-refractivity contribution in [2.24, 2.45) is 0 Å². The largest absolute Gasteiger partial charge is 0.463 e. The Morgan fingerprint density at radius 2 is 1.47 bits per heavy atom. The van der Waals surface area contributed by atoms with E-state index in [1.165, 1.54) is 0 Å². The molecule has 4 rings (SSSR count). The van der Waals surface area contributed by atoms with Gasteiger partial charge >= 0.3 is 5.97 Å². The number of rotatable bonds is 8. The molecule has 1 aromatic heterocycles. The summed E-state index contributed by atoms with van der Waals surface area (Å²) in [6.45, 7) is 3.24. The number of hydrogen-bond donors (Lipinski definition) is 0. The second kappa shape index (κ2) is 9.33. The van der Waals surface area contributed by atoms with Gasteiger partial charge in [0.1, 0.15) is 5.52 Å². The molecule has 0 aliphatic rings. The lowest BCUT2D eigenvalue weighted by atomic mass is 10.1. The summed E-state index contributed by atoms with van der Waals surface area (Å²) in [5.74, 6) is -0.347. The molecule has 0 saturated heterocycles. The lowest BCUT2D eigenvalue weighted by Gasteiger charge is -2.30. The van der Waals surface area contributed by atoms with Crippen molar-refractivity contribution in [1.29, 1.82) is 0 Å². The van der Waals surface area contributed by atoms with Gasteiger partial charge in [0.25, 0.3) is 0 Å². The third kappa shape index (κ3) is 4.39. The second-order valence-electron chi connectivity index (χ2n) is 7.02. The maximum Gasteiger partial charge on any atom is 0.346 e. The number of carbonyl (C=O) groups is 1. The minimum Gasteiger partial charge on any atom is -0.463 e. The van der Waals surface area contributed by atoms with Crippen LogP contribution < -0.4 is 0 Å². The highest BCUT2D eigenvalue weighted by Gasteiger charge is 2.31. The van der Waals surface area contributed by atoms with Crippen LogP contribution in [0.3, 0.4) is 0 Å². The SMILES string of the molecule is CCOC(=O)C(N(Cc1ccccc1)Cc1ccccc1)n1nnc2ccccc21. The molecule has 6 heteroatoms. The first-order valence-corrected chi connectivity index (χ1v) is 10.0. The van der Waals surface area contributed by atoms with Crippen LogP contribution in [-0.2, 0) is 22.6 Å². The minimum absolute atomic E-state index is 0.298. The highest BCUT2D eigenvalue weighted by molar-refractivity contribution is 5.79. The van der Waals surface area contributed by atoms with Gasteiger partial charge in [0.15, 0.2) is 0 Å². The Balaban J connectivity index is 1.78. The van der Waals surface area contributed by atoms with Gasteiger partial charge in [-0.05, 0) is 30.2 Å². The number of ether oxygens (including phenoxy) is 1. The van der Waals surface area contributed by atoms with Gasteiger partial charge < -0.3 is 4.74 Å². The minimum atomic E-state index is -0.738. The molecule has 0 radical (unpaired) electrons. The molecule has 0 fully saturated rings. The molecular formula is C24H24N4O2. The van der Waals surface area contributed by atoms with Crippen LogP contribution in [0.15, 0.2) is 84.9 Å². The standard InChI is InChI=1S/C24H24N4O2/c1-2-30-24(29)23(28-22-16-10-9-15-21(22)25-26-28)27(17-19-11-5-3-6-12-19)18-20-13-7-4-8-14-20/h3-16,23H,2,17-18H2,1H3. The van der Waals surface area contributed by atoms with Crippen molar-refractivity contribution >= 4 is 17.0 Å². The third-order valence-corrected chi connectivity index (χ3v) is 4.91. The fraction of sp³-hybridized carbons (Fsp3) is 0.208. The van der Waals surface area contributed by atoms with E-state index >= 15 is 0 Å². The van der Waals surface area contributed by atoms with E-state index in [1.807, 2.05) is 67.6 Å². The maximum absolute atomic E-state index is 13.2. The van der Waals surface area contributed by atoms with Crippen molar-refractivity contribution < 1.29 is 9.53 Å². The van der Waals surface area contributed by atoms with E-state index in [1.54, 1.807) is 4.68 Å². The van der Waals surface area contributed by atoms with Crippen molar-refractivity contribution in [3.8, 4) is 0 Å². The Morgan fingerprint density at radius 1 is 0.900 bits per heavy atom. The van der Waals surface area contributed by atoms with Gasteiger partial charge in [-0.3, -0.25) is 4.90 Å². The Kier molecular flexibility index (Phi) is 6.15. The van der Waals surface area contributed by atoms with E-state index < -0.39 is 6.17 Å². The molecule has 0 saturated carbocycles. The summed E-state index contributed by atoms with van der Waals surface area (Å²) >= 11 is 0. The number of fused-ring (bicyclic) bond motifs is 1. The van der Waals surface area contributed by atoms with E-state index in [4.69, 9.17) is 4.74 Å². The maximum atomic E-state index is 13.2. The zero-order chi connectivity index (χ0) is 20.8. The van der Waals surface area contributed by atoms with Gasteiger partial charge in [0.2, 0.25) is 6.17 Å². The first-order valence-electron chi connectivity index (χ1n) is 10.0. The van der Waals surface area contributed by atoms with E-state index in [2.05, 4.69) is 39.5 Å². The first-order chi connectivity index (χ1) is 14.8. The zero-order valence-electron chi connectivity index (χ0n) is 16.9. The van der Waals surface area contributed by atoms with Crippen LogP contribution >= 0.6 is 0 Å². The van der Waals surface area contributed by atoms with Crippen molar-refractivity contribution in [2.75, 3.05) is 6.61 Å². The summed E-state index contributed by atoms with van der Waals surface area (Å²) in [6.07, 6.45) is -0.738. The van der Waals surface area contributed by atoms with Crippen molar-refractivity contribution in [1.82, 2.24) is 19.9 Å². The lowest BCUT2D eigenvalue weighted by Crippen LogP contribution is -2.39. The molecule has 6 nitrogen and oxygen atoms in total. The Morgan fingerprint density at radius 3 is 2.07 bits per heavy atom. The Labute approximate surface area is 175 Å². The van der Waals surface area contributed by atoms with Crippen LogP contribution in [0, 0.1) is 0 Å². The van der Waals surface area contributed by atoms with Gasteiger partial charge in [-0.2, -0.15) is 0 Å². The lowest BCUT2D eigenvalue weighted by molar-refractivity contribution is -0.154. The molecule has 0 amide bonds. The summed E-state index contributed by atoms with van der Waals surface area (Å²) in [5.41, 5.74) is 3.74. The topological polar surface area (TPSA) is 60.2 Å². The molecule has 4 aromatic rings. The molecule has 0 spiro atoms. The molecule has 0 aliphatic carbocycles. The molecular weight excluding hydrogens is 376 g/mol. The Bertz CT molecular complexity index is 1050. The van der Waals surface area contributed by atoms with Crippen molar-refractivity contribution in [2.45, 2.75) is 26.2 Å². The first kappa shape index (κ1) is 19.8. The van der Waals surface area contributed by atoms with Crippen LogP contribution in [0.25, 0.3) is 11.0 Å². The number of nitrogens with zero attached hydrogens (tertiary/aromatic N) is 4. The van der Waals surface area contributed by atoms with Gasteiger partial charge in [0.05, 0.1) is 12.1 Å². The molecule has 1 unspecified atom stereocenters. The van der Waals surface area contributed by atoms with Gasteiger partial charge in [-0.1, -0.05) is 78.0 Å². The molecule has 3 aromatic carbocycles. The fourth-order valence-corrected chi connectivity index (χ4v) is 3.55. The molecule has 30 heavy (non-hydrogen) atoms. The number of hydrogen-bond acceptors (Lipinski definition) is 5. The summed E-state index contributed by atoms with van der Waals surface area (Å²) < 4.78 is 7.13. The highest BCUT2D eigenvalue weighted by Crippen LogP contribution is 2.24. The summed E-state index contributed by atoms with van der Waals surface area (Å²) in [7, 11) is 0. The van der Waals surface area contributed by atoms with Crippen LogP contribution in [0.5, 0.6) is 0 Å². The predicted octanol–water partition coefficient (Wildman–Crippen LogP) is 4.20. The monoisotopic (exact) mass is 400 g/mol. The van der Waals surface area contributed by atoms with E-state index in [-0.39, 0.29) is 5.97 Å². The van der Waals surface area contributed by atoms with Crippen LogP contribution in [-0.4, -0.2) is 32.5 Å². The fourth-order valence-electron chi connectivity index (χ4n) is 3.55. The molecule has 1 heterocycles. The molecule has 152 valence electrons. The third-order valence-electron chi connectivity index (χ3n) is 4.91. The summed E-state index contributed by atoms with van der Waals surface area (Å²) in [4.78, 5) is 15.2. The van der Waals surface area contributed by atoms with Gasteiger partial charge in [-0.25, -0.2) is 9.48 Å². The number of benzene rings is 3. The predicted molar refractivity (Wildman–Crippen MR) is 115 cm³/mol. The number of aromatic nitrogens is 3. The van der Waals surface area contributed by atoms with Crippen LogP contribution in [0.2, 0.25) is 0 Å². The number of carbonyl (C=O) groups excluding carboxylic acids is 1. The van der Waals surface area contributed by atoms with Crippen LogP contribution in [0.1, 0.15) is 24.2 Å². The Hall–Kier alpha value is -3.51. The van der Waals surface area contributed by atoms with E-state index in [0.717, 1.165) is 22.2 Å². The number of esters is 1. The average Bonchev–Trinajstić information content (AvgIpc) is 3.19. The second-order valence-corrected chi connectivity index (χ2v) is 7.02. The molecule has 0 bridgehead atoms. The van der Waals surface area contributed by atoms with Crippen molar-refractivity contribution in [3.63, 3.8) is 0 Å². The molecule has 0 aliphatic heterocycles. The molecule has 1 atom stereocenters.